The van der Waals surface area contributed by atoms with E-state index in [0.29, 0.717) is 0 Å². The maximum atomic E-state index is 9.28. The van der Waals surface area contributed by atoms with Crippen LogP contribution in [-0.2, 0) is 6.42 Å². The average molecular weight is 378 g/mol. The fourth-order valence-electron chi connectivity index (χ4n) is 2.58. The van der Waals surface area contributed by atoms with Crippen molar-refractivity contribution in [1.29, 1.82) is 5.26 Å². The SMILES string of the molecule is CCc1nnc2sc(-c3cccc(NC=C(C#N)c4nn[nH]n4)c3C)nn12. The Morgan fingerprint density at radius 3 is 3.00 bits per heavy atom. The molecule has 0 radical (unpaired) electrons. The van der Waals surface area contributed by atoms with Crippen LogP contribution in [0.3, 0.4) is 0 Å². The lowest BCUT2D eigenvalue weighted by atomic mass is 10.1. The molecule has 0 amide bonds. The van der Waals surface area contributed by atoms with Crippen LogP contribution in [0.1, 0.15) is 24.1 Å². The molecule has 1 aromatic carbocycles. The first-order valence-electron chi connectivity index (χ1n) is 8.13. The van der Waals surface area contributed by atoms with Gasteiger partial charge in [-0.2, -0.15) is 20.1 Å². The van der Waals surface area contributed by atoms with Gasteiger partial charge in [0.15, 0.2) is 5.82 Å². The summed E-state index contributed by atoms with van der Waals surface area (Å²) in [6, 6.07) is 7.92. The number of fused-ring (bicyclic) bond motifs is 1. The zero-order valence-electron chi connectivity index (χ0n) is 14.5. The number of nitrogens with one attached hydrogen (secondary N) is 2. The molecule has 4 aromatic rings. The number of anilines is 1. The minimum Gasteiger partial charge on any atom is -0.360 e. The van der Waals surface area contributed by atoms with Crippen LogP contribution in [0.5, 0.6) is 0 Å². The number of H-pyrrole nitrogens is 1. The predicted octanol–water partition coefficient (Wildman–Crippen LogP) is 2.21. The van der Waals surface area contributed by atoms with Gasteiger partial charge in [0, 0.05) is 23.9 Å². The Balaban J connectivity index is 1.68. The highest BCUT2D eigenvalue weighted by molar-refractivity contribution is 7.19. The molecule has 0 bridgehead atoms. The highest BCUT2D eigenvalue weighted by atomic mass is 32.1. The molecule has 3 heterocycles. The third-order valence-electron chi connectivity index (χ3n) is 4.01. The number of aryl methyl sites for hydroxylation is 1. The summed E-state index contributed by atoms with van der Waals surface area (Å²) < 4.78 is 1.78. The van der Waals surface area contributed by atoms with Gasteiger partial charge in [-0.15, -0.1) is 20.4 Å². The smallest absolute Gasteiger partial charge is 0.234 e. The molecule has 0 spiro atoms. The van der Waals surface area contributed by atoms with Gasteiger partial charge >= 0.3 is 0 Å². The molecule has 2 N–H and O–H groups in total. The Hall–Kier alpha value is -3.65. The van der Waals surface area contributed by atoms with Crippen LogP contribution in [0.15, 0.2) is 24.4 Å². The summed E-state index contributed by atoms with van der Waals surface area (Å²) >= 11 is 1.49. The van der Waals surface area contributed by atoms with Crippen LogP contribution >= 0.6 is 11.3 Å². The number of rotatable bonds is 5. The van der Waals surface area contributed by atoms with Crippen LogP contribution in [0.4, 0.5) is 5.69 Å². The Kier molecular flexibility index (Phi) is 4.31. The Bertz CT molecular complexity index is 1160. The van der Waals surface area contributed by atoms with E-state index >= 15 is 0 Å². The molecule has 27 heavy (non-hydrogen) atoms. The van der Waals surface area contributed by atoms with E-state index < -0.39 is 0 Å². The van der Waals surface area contributed by atoms with Crippen molar-refractivity contribution >= 4 is 27.6 Å². The lowest BCUT2D eigenvalue weighted by molar-refractivity contribution is 0.837. The predicted molar refractivity (Wildman–Crippen MR) is 99.6 cm³/mol. The zero-order chi connectivity index (χ0) is 18.8. The minimum absolute atomic E-state index is 0.236. The number of tetrazole rings is 1. The van der Waals surface area contributed by atoms with E-state index in [1.807, 2.05) is 32.0 Å². The van der Waals surface area contributed by atoms with Gasteiger partial charge < -0.3 is 5.32 Å². The van der Waals surface area contributed by atoms with Crippen molar-refractivity contribution in [3.05, 3.63) is 41.6 Å². The maximum absolute atomic E-state index is 9.28. The minimum atomic E-state index is 0.236. The van der Waals surface area contributed by atoms with E-state index in [2.05, 4.69) is 47.3 Å². The molecule has 11 heteroatoms. The van der Waals surface area contributed by atoms with E-state index in [9.17, 15) is 5.26 Å². The molecule has 134 valence electrons. The summed E-state index contributed by atoms with van der Waals surface area (Å²) in [5, 5.41) is 39.7. The van der Waals surface area contributed by atoms with Crippen LogP contribution in [0.2, 0.25) is 0 Å². The van der Waals surface area contributed by atoms with E-state index in [1.54, 1.807) is 10.7 Å². The van der Waals surface area contributed by atoms with Crippen molar-refractivity contribution in [2.24, 2.45) is 0 Å². The largest absolute Gasteiger partial charge is 0.360 e. The molecule has 0 fully saturated rings. The second kappa shape index (κ2) is 6.93. The number of nitrogens with zero attached hydrogens (tertiary/aromatic N) is 8. The van der Waals surface area contributed by atoms with Crippen molar-refractivity contribution < 1.29 is 0 Å². The van der Waals surface area contributed by atoms with Crippen LogP contribution in [-0.4, -0.2) is 40.4 Å². The van der Waals surface area contributed by atoms with Crippen LogP contribution in [0.25, 0.3) is 21.1 Å². The number of aromatic amines is 1. The van der Waals surface area contributed by atoms with Crippen molar-refractivity contribution in [3.8, 4) is 16.6 Å². The third kappa shape index (κ3) is 3.02. The topological polar surface area (TPSA) is 133 Å². The van der Waals surface area contributed by atoms with Crippen molar-refractivity contribution in [1.82, 2.24) is 40.4 Å². The molecule has 0 saturated heterocycles. The van der Waals surface area contributed by atoms with Gasteiger partial charge in [-0.05, 0) is 23.8 Å². The summed E-state index contributed by atoms with van der Waals surface area (Å²) in [6.45, 7) is 4.02. The Labute approximate surface area is 157 Å². The molecule has 0 aliphatic heterocycles. The number of nitriles is 1. The highest BCUT2D eigenvalue weighted by Crippen LogP contribution is 2.32. The monoisotopic (exact) mass is 378 g/mol. The van der Waals surface area contributed by atoms with Gasteiger partial charge in [0.2, 0.25) is 10.8 Å². The first-order valence-corrected chi connectivity index (χ1v) is 8.94. The molecule has 0 aliphatic carbocycles. The highest BCUT2D eigenvalue weighted by Gasteiger charge is 2.15. The standard InChI is InChI=1S/C16H14N10S/c1-3-13-19-22-16-26(13)23-15(27-16)11-5-4-6-12(9(11)2)18-8-10(7-17)14-20-24-25-21-14/h4-6,8,18H,3H2,1-2H3,(H,20,21,24,25). The molecule has 0 atom stereocenters. The molecule has 0 aliphatic rings. The molecule has 10 nitrogen and oxygen atoms in total. The lowest BCUT2D eigenvalue weighted by Gasteiger charge is -2.09. The third-order valence-corrected chi connectivity index (χ3v) is 4.95. The van der Waals surface area contributed by atoms with Crippen molar-refractivity contribution in [2.45, 2.75) is 20.3 Å². The number of allylic oxidation sites excluding steroid dienone is 1. The molecule has 0 saturated carbocycles. The van der Waals surface area contributed by atoms with Gasteiger partial charge in [-0.25, -0.2) is 0 Å². The molecular weight excluding hydrogens is 364 g/mol. The first kappa shape index (κ1) is 16.8. The van der Waals surface area contributed by atoms with Crippen molar-refractivity contribution in [2.75, 3.05) is 5.32 Å². The summed E-state index contributed by atoms with van der Waals surface area (Å²) in [7, 11) is 0. The van der Waals surface area contributed by atoms with Gasteiger partial charge in [-0.3, -0.25) is 0 Å². The summed E-state index contributed by atoms with van der Waals surface area (Å²) in [5.41, 5.74) is 3.12. The number of aromatic nitrogens is 8. The summed E-state index contributed by atoms with van der Waals surface area (Å²) in [5.74, 6) is 1.07. The van der Waals surface area contributed by atoms with E-state index in [1.165, 1.54) is 11.3 Å². The summed E-state index contributed by atoms with van der Waals surface area (Å²) in [6.07, 6.45) is 2.33. The fourth-order valence-corrected chi connectivity index (χ4v) is 3.52. The van der Waals surface area contributed by atoms with Crippen LogP contribution in [0, 0.1) is 18.3 Å². The average Bonchev–Trinajstić information content (AvgIpc) is 3.40. The quantitative estimate of drug-likeness (QED) is 0.505. The van der Waals surface area contributed by atoms with Crippen molar-refractivity contribution in [3.63, 3.8) is 0 Å². The maximum Gasteiger partial charge on any atom is 0.234 e. The zero-order valence-corrected chi connectivity index (χ0v) is 15.3. The van der Waals surface area contributed by atoms with Crippen LogP contribution < -0.4 is 5.32 Å². The number of hydrogen-bond acceptors (Lipinski definition) is 9. The molecule has 3 aromatic heterocycles. The normalized spacial score (nSPS) is 11.7. The van der Waals surface area contributed by atoms with E-state index in [0.717, 1.165) is 39.0 Å². The molecular formula is C16H14N10S. The lowest BCUT2D eigenvalue weighted by Crippen LogP contribution is -1.97. The first-order chi connectivity index (χ1) is 13.2. The fraction of sp³-hybridized carbons (Fsp3) is 0.188. The van der Waals surface area contributed by atoms with Gasteiger partial charge in [0.25, 0.3) is 0 Å². The second-order valence-electron chi connectivity index (χ2n) is 5.60. The van der Waals surface area contributed by atoms with Gasteiger partial charge in [0.1, 0.15) is 16.6 Å². The molecule has 0 unspecified atom stereocenters. The number of hydrogen-bond donors (Lipinski definition) is 2. The van der Waals surface area contributed by atoms with Gasteiger partial charge in [-0.1, -0.05) is 30.4 Å². The van der Waals surface area contributed by atoms with E-state index in [4.69, 9.17) is 0 Å². The van der Waals surface area contributed by atoms with Gasteiger partial charge in [0.05, 0.1) is 0 Å². The second-order valence-corrected chi connectivity index (χ2v) is 6.56. The number of benzene rings is 1. The summed E-state index contributed by atoms with van der Waals surface area (Å²) in [4.78, 5) is 0.767. The van der Waals surface area contributed by atoms with E-state index in [-0.39, 0.29) is 11.4 Å². The molecule has 4 rings (SSSR count). The Morgan fingerprint density at radius 1 is 1.37 bits per heavy atom. The Morgan fingerprint density at radius 2 is 2.26 bits per heavy atom.